The minimum atomic E-state index is -0.252. The minimum Gasteiger partial charge on any atom is -0.456 e. The molecule has 338 valence electrons. The summed E-state index contributed by atoms with van der Waals surface area (Å²) < 4.78 is 9.58. The van der Waals surface area contributed by atoms with Gasteiger partial charge in [0.15, 0.2) is 0 Å². The maximum atomic E-state index is 6.83. The summed E-state index contributed by atoms with van der Waals surface area (Å²) in [5, 5.41) is 3.66. The number of rotatable bonds is 2. The highest BCUT2D eigenvalue weighted by Crippen LogP contribution is 2.60. The van der Waals surface area contributed by atoms with E-state index in [4.69, 9.17) is 4.42 Å². The number of thiophene rings is 1. The van der Waals surface area contributed by atoms with Crippen LogP contribution in [-0.2, 0) is 27.1 Å². The Hall–Kier alpha value is -6.04. The lowest BCUT2D eigenvalue weighted by Gasteiger charge is -2.46. The molecule has 0 saturated heterocycles. The molecule has 0 saturated carbocycles. The van der Waals surface area contributed by atoms with Crippen LogP contribution in [0.25, 0.3) is 54.3 Å². The standard InChI is InChI=1S/C63H61BN2OS/c1-59(2,3)36-21-25-38(26-22-36)65-50-33-43-40-17-13-15-19-46(40)63(11,12)55(43)54-44-31-42-41-18-14-16-20-51(41)67-52(42)35-49(44)66(39-27-23-37(24-28-39)60(4,5)6)64(56(50)54)58-57(65)45-32-47-48(34-53(45)68-58)62(9,10)30-29-61(47,7)8/h13-28,31-35H,29-30H2,1-12H3. The molecule has 2 aromatic heterocycles. The molecule has 0 spiro atoms. The lowest BCUT2D eigenvalue weighted by molar-refractivity contribution is 0.332. The summed E-state index contributed by atoms with van der Waals surface area (Å²) in [5.74, 6) is 0. The molecule has 0 amide bonds. The number of hydrogen-bond acceptors (Lipinski definition) is 4. The monoisotopic (exact) mass is 904 g/mol. The van der Waals surface area contributed by atoms with E-state index in [9.17, 15) is 0 Å². The van der Waals surface area contributed by atoms with Gasteiger partial charge in [0.05, 0.1) is 5.69 Å². The Kier molecular flexibility index (Phi) is 8.42. The number of para-hydroxylation sites is 1. The molecule has 7 aromatic carbocycles. The highest BCUT2D eigenvalue weighted by Gasteiger charge is 2.52. The number of benzene rings is 7. The van der Waals surface area contributed by atoms with Crippen LogP contribution in [0.5, 0.6) is 0 Å². The van der Waals surface area contributed by atoms with Gasteiger partial charge in [0, 0.05) is 65.4 Å². The molecule has 4 aliphatic rings. The third-order valence-electron chi connectivity index (χ3n) is 16.8. The van der Waals surface area contributed by atoms with Crippen molar-refractivity contribution in [2.45, 2.75) is 123 Å². The second kappa shape index (κ2) is 13.6. The molecule has 2 aliphatic heterocycles. The third-order valence-corrected chi connectivity index (χ3v) is 18.0. The fourth-order valence-corrected chi connectivity index (χ4v) is 14.2. The number of anilines is 5. The van der Waals surface area contributed by atoms with Gasteiger partial charge < -0.3 is 14.1 Å². The highest BCUT2D eigenvalue weighted by atomic mass is 32.1. The van der Waals surface area contributed by atoms with Gasteiger partial charge in [-0.05, 0) is 145 Å². The van der Waals surface area contributed by atoms with Gasteiger partial charge in [-0.15, -0.1) is 11.3 Å². The van der Waals surface area contributed by atoms with E-state index in [2.05, 4.69) is 220 Å². The zero-order valence-corrected chi connectivity index (χ0v) is 42.6. The Balaban J connectivity index is 1.22. The number of furan rings is 1. The Morgan fingerprint density at radius 1 is 0.544 bits per heavy atom. The van der Waals surface area contributed by atoms with E-state index in [0.29, 0.717) is 0 Å². The van der Waals surface area contributed by atoms with Crippen LogP contribution in [0.4, 0.5) is 28.4 Å². The Labute approximate surface area is 406 Å². The lowest BCUT2D eigenvalue weighted by atomic mass is 9.45. The average molecular weight is 905 g/mol. The van der Waals surface area contributed by atoms with Crippen LogP contribution in [0.3, 0.4) is 0 Å². The quantitative estimate of drug-likeness (QED) is 0.161. The second-order valence-corrected chi connectivity index (χ2v) is 25.5. The molecule has 0 bridgehead atoms. The van der Waals surface area contributed by atoms with Gasteiger partial charge in [-0.1, -0.05) is 150 Å². The Morgan fingerprint density at radius 2 is 1.16 bits per heavy atom. The first-order chi connectivity index (χ1) is 32.2. The number of hydrogen-bond donors (Lipinski definition) is 0. The summed E-state index contributed by atoms with van der Waals surface area (Å²) in [6, 6.07) is 49.5. The van der Waals surface area contributed by atoms with Crippen molar-refractivity contribution in [2.75, 3.05) is 9.71 Å². The van der Waals surface area contributed by atoms with Crippen molar-refractivity contribution in [1.82, 2.24) is 0 Å². The van der Waals surface area contributed by atoms with Gasteiger partial charge in [-0.25, -0.2) is 0 Å². The summed E-state index contributed by atoms with van der Waals surface area (Å²) in [5.41, 5.74) is 23.1. The zero-order valence-electron chi connectivity index (χ0n) is 41.8. The molecule has 2 aliphatic carbocycles. The van der Waals surface area contributed by atoms with E-state index in [1.807, 2.05) is 11.3 Å². The van der Waals surface area contributed by atoms with Gasteiger partial charge in [-0.3, -0.25) is 0 Å². The van der Waals surface area contributed by atoms with Crippen molar-refractivity contribution in [1.29, 1.82) is 0 Å². The lowest BCUT2D eigenvalue weighted by Crippen LogP contribution is -2.61. The van der Waals surface area contributed by atoms with E-state index >= 15 is 0 Å². The normalized spacial score (nSPS) is 17.3. The van der Waals surface area contributed by atoms with Crippen molar-refractivity contribution in [3.05, 3.63) is 161 Å². The van der Waals surface area contributed by atoms with Crippen molar-refractivity contribution in [3.63, 3.8) is 0 Å². The van der Waals surface area contributed by atoms with Crippen molar-refractivity contribution in [2.24, 2.45) is 0 Å². The predicted molar refractivity (Wildman–Crippen MR) is 293 cm³/mol. The highest BCUT2D eigenvalue weighted by molar-refractivity contribution is 7.32. The predicted octanol–water partition coefficient (Wildman–Crippen LogP) is 16.8. The van der Waals surface area contributed by atoms with Crippen LogP contribution in [0.2, 0.25) is 0 Å². The molecule has 13 rings (SSSR count). The summed E-state index contributed by atoms with van der Waals surface area (Å²) in [6.07, 6.45) is 2.35. The molecule has 5 heteroatoms. The minimum absolute atomic E-state index is 0.0207. The molecule has 3 nitrogen and oxygen atoms in total. The first-order valence-electron chi connectivity index (χ1n) is 24.9. The van der Waals surface area contributed by atoms with E-state index < -0.39 is 0 Å². The van der Waals surface area contributed by atoms with Crippen molar-refractivity contribution < 1.29 is 4.42 Å². The fraction of sp³-hybridized carbons (Fsp3) is 0.302. The van der Waals surface area contributed by atoms with Crippen LogP contribution in [-0.4, -0.2) is 6.85 Å². The second-order valence-electron chi connectivity index (χ2n) is 24.4. The molecule has 4 heterocycles. The Morgan fingerprint density at radius 3 is 1.84 bits per heavy atom. The molecule has 68 heavy (non-hydrogen) atoms. The van der Waals surface area contributed by atoms with Gasteiger partial charge >= 0.3 is 6.85 Å². The Bertz CT molecular complexity index is 3630. The summed E-state index contributed by atoms with van der Waals surface area (Å²) in [4.78, 5) is 5.39. The smallest absolute Gasteiger partial charge is 0.343 e. The van der Waals surface area contributed by atoms with E-state index in [1.165, 1.54) is 117 Å². The largest absolute Gasteiger partial charge is 0.456 e. The molecule has 9 aromatic rings. The summed E-state index contributed by atoms with van der Waals surface area (Å²) in [6.45, 7) is 28.6. The first kappa shape index (κ1) is 42.1. The zero-order chi connectivity index (χ0) is 47.2. The first-order valence-corrected chi connectivity index (χ1v) is 25.7. The maximum Gasteiger partial charge on any atom is 0.343 e. The molecular weight excluding hydrogens is 844 g/mol. The summed E-state index contributed by atoms with van der Waals surface area (Å²) in [7, 11) is 0. The van der Waals surface area contributed by atoms with Crippen LogP contribution in [0.1, 0.15) is 129 Å². The molecule has 0 unspecified atom stereocenters. The topological polar surface area (TPSA) is 19.6 Å². The van der Waals surface area contributed by atoms with Gasteiger partial charge in [0.25, 0.3) is 0 Å². The van der Waals surface area contributed by atoms with E-state index in [0.717, 1.165) is 21.9 Å². The SMILES string of the molecule is CC(C)(C)c1ccc(N2B3c4sc5cc6c(cc5c4N(c4ccc(C(C)(C)C)cc4)c4cc5c(c(c43)-c3cc4c(cc32)oc2ccccc24)C(C)(C)c2ccccc2-5)C(C)(C)CCC6(C)C)cc1. The maximum absolute atomic E-state index is 6.83. The van der Waals surface area contributed by atoms with Crippen molar-refractivity contribution >= 4 is 88.9 Å². The van der Waals surface area contributed by atoms with Gasteiger partial charge in [0.2, 0.25) is 0 Å². The van der Waals surface area contributed by atoms with Crippen LogP contribution in [0, 0.1) is 0 Å². The molecule has 0 N–H and O–H groups in total. The fourth-order valence-electron chi connectivity index (χ4n) is 12.8. The number of fused-ring (bicyclic) bond motifs is 14. The molecule has 0 fully saturated rings. The summed E-state index contributed by atoms with van der Waals surface area (Å²) >= 11 is 2.02. The molecular formula is C63H61BN2OS. The van der Waals surface area contributed by atoms with E-state index in [-0.39, 0.29) is 33.9 Å². The van der Waals surface area contributed by atoms with Gasteiger partial charge in [0.1, 0.15) is 11.2 Å². The average Bonchev–Trinajstić information content (AvgIpc) is 3.93. The number of nitrogens with zero attached hydrogens (tertiary/aromatic N) is 2. The molecule has 0 atom stereocenters. The van der Waals surface area contributed by atoms with Crippen LogP contribution in [0.15, 0.2) is 132 Å². The van der Waals surface area contributed by atoms with Crippen molar-refractivity contribution in [3.8, 4) is 22.3 Å². The third kappa shape index (κ3) is 5.72. The van der Waals surface area contributed by atoms with Gasteiger partial charge in [-0.2, -0.15) is 0 Å². The van der Waals surface area contributed by atoms with E-state index in [1.54, 1.807) is 0 Å². The van der Waals surface area contributed by atoms with Crippen LogP contribution >= 0.6 is 11.3 Å². The molecule has 0 radical (unpaired) electrons. The van der Waals surface area contributed by atoms with Crippen LogP contribution < -0.4 is 20.0 Å².